The normalized spacial score (nSPS) is 10.2. The lowest BCUT2D eigenvalue weighted by Crippen LogP contribution is -2.14. The number of halogens is 1. The van der Waals surface area contributed by atoms with Crippen LogP contribution in [0.2, 0.25) is 5.02 Å². The van der Waals surface area contributed by atoms with Gasteiger partial charge in [0.05, 0.1) is 5.02 Å². The minimum Gasteiger partial charge on any atom is -0.369 e. The molecule has 0 spiro atoms. The maximum atomic E-state index is 6.10. The molecule has 0 aliphatic carbocycles. The zero-order valence-electron chi connectivity index (χ0n) is 9.23. The van der Waals surface area contributed by atoms with Crippen molar-refractivity contribution in [3.63, 3.8) is 0 Å². The molecule has 1 aromatic heterocycles. The van der Waals surface area contributed by atoms with Gasteiger partial charge in [-0.05, 0) is 18.2 Å². The van der Waals surface area contributed by atoms with Crippen LogP contribution >= 0.6 is 11.6 Å². The molecule has 0 amide bonds. The molecule has 3 N–H and O–H groups in total. The predicted molar refractivity (Wildman–Crippen MR) is 70.0 cm³/mol. The second-order valence-electron chi connectivity index (χ2n) is 3.46. The first-order valence-electron chi connectivity index (χ1n) is 5.33. The Morgan fingerprint density at radius 3 is 2.82 bits per heavy atom. The number of benzene rings is 1. The van der Waals surface area contributed by atoms with Gasteiger partial charge in [-0.3, -0.25) is 0 Å². The van der Waals surface area contributed by atoms with Crippen LogP contribution in [0.4, 0.5) is 5.82 Å². The number of hydrogen-bond donors (Lipinski definition) is 2. The fraction of sp³-hybridized carbons (Fsp3) is 0.167. The highest BCUT2D eigenvalue weighted by Gasteiger charge is 2.05. The van der Waals surface area contributed by atoms with Crippen molar-refractivity contribution in [2.45, 2.75) is 0 Å². The topological polar surface area (TPSA) is 63.8 Å². The molecule has 0 aliphatic rings. The number of aromatic nitrogens is 2. The van der Waals surface area contributed by atoms with Crippen LogP contribution in [-0.2, 0) is 0 Å². The fourth-order valence-electron chi connectivity index (χ4n) is 1.43. The minimum absolute atomic E-state index is 0.561. The molecule has 0 radical (unpaired) electrons. The lowest BCUT2D eigenvalue weighted by Gasteiger charge is -2.06. The van der Waals surface area contributed by atoms with E-state index in [4.69, 9.17) is 17.3 Å². The molecule has 0 bridgehead atoms. The maximum absolute atomic E-state index is 6.10. The first kappa shape index (κ1) is 11.8. The Morgan fingerprint density at radius 2 is 2.06 bits per heavy atom. The molecule has 2 rings (SSSR count). The van der Waals surface area contributed by atoms with Crippen LogP contribution in [0.25, 0.3) is 11.4 Å². The van der Waals surface area contributed by atoms with Crippen molar-refractivity contribution in [3.05, 3.63) is 41.6 Å². The fourth-order valence-corrected chi connectivity index (χ4v) is 1.65. The van der Waals surface area contributed by atoms with Crippen molar-refractivity contribution in [3.8, 4) is 11.4 Å². The first-order valence-corrected chi connectivity index (χ1v) is 5.71. The minimum atomic E-state index is 0.561. The van der Waals surface area contributed by atoms with E-state index in [9.17, 15) is 0 Å². The van der Waals surface area contributed by atoms with Gasteiger partial charge in [-0.15, -0.1) is 0 Å². The van der Waals surface area contributed by atoms with Crippen LogP contribution < -0.4 is 11.1 Å². The van der Waals surface area contributed by atoms with Gasteiger partial charge in [0.15, 0.2) is 5.82 Å². The Kier molecular flexibility index (Phi) is 3.90. The maximum Gasteiger partial charge on any atom is 0.162 e. The third-order valence-corrected chi connectivity index (χ3v) is 2.55. The summed E-state index contributed by atoms with van der Waals surface area (Å²) in [7, 11) is 0. The third-order valence-electron chi connectivity index (χ3n) is 2.22. The van der Waals surface area contributed by atoms with Crippen LogP contribution in [0.3, 0.4) is 0 Å². The zero-order chi connectivity index (χ0) is 12.1. The van der Waals surface area contributed by atoms with Crippen molar-refractivity contribution < 1.29 is 0 Å². The molecule has 0 saturated carbocycles. The molecule has 0 saturated heterocycles. The Balaban J connectivity index is 2.30. The van der Waals surface area contributed by atoms with Gasteiger partial charge < -0.3 is 11.1 Å². The van der Waals surface area contributed by atoms with Crippen LogP contribution in [0.5, 0.6) is 0 Å². The molecule has 0 atom stereocenters. The lowest BCUT2D eigenvalue weighted by molar-refractivity contribution is 1.01. The van der Waals surface area contributed by atoms with E-state index in [1.54, 1.807) is 12.3 Å². The molecule has 1 aromatic carbocycles. The molecule has 4 nitrogen and oxygen atoms in total. The van der Waals surface area contributed by atoms with Crippen LogP contribution in [-0.4, -0.2) is 23.1 Å². The number of nitrogens with one attached hydrogen (secondary N) is 1. The predicted octanol–water partition coefficient (Wildman–Crippen LogP) is 2.17. The number of nitrogens with zero attached hydrogens (tertiary/aromatic N) is 2. The number of anilines is 1. The van der Waals surface area contributed by atoms with Crippen molar-refractivity contribution in [2.75, 3.05) is 18.4 Å². The first-order chi connectivity index (χ1) is 8.31. The summed E-state index contributed by atoms with van der Waals surface area (Å²) in [5.41, 5.74) is 6.25. The molecule has 0 unspecified atom stereocenters. The van der Waals surface area contributed by atoms with E-state index >= 15 is 0 Å². The molecule has 2 aromatic rings. The SMILES string of the molecule is NCCNc1ccnc(-c2ccccc2Cl)n1. The molecule has 5 heteroatoms. The number of rotatable bonds is 4. The zero-order valence-corrected chi connectivity index (χ0v) is 9.98. The van der Waals surface area contributed by atoms with Crippen molar-refractivity contribution in [1.82, 2.24) is 9.97 Å². The third kappa shape index (κ3) is 2.93. The molecule has 0 fully saturated rings. The highest BCUT2D eigenvalue weighted by molar-refractivity contribution is 6.33. The average molecular weight is 249 g/mol. The van der Waals surface area contributed by atoms with Gasteiger partial charge in [-0.25, -0.2) is 9.97 Å². The van der Waals surface area contributed by atoms with Crippen LogP contribution in [0.15, 0.2) is 36.5 Å². The highest BCUT2D eigenvalue weighted by Crippen LogP contribution is 2.24. The van der Waals surface area contributed by atoms with E-state index in [0.717, 1.165) is 11.4 Å². The monoisotopic (exact) mass is 248 g/mol. The van der Waals surface area contributed by atoms with Crippen molar-refractivity contribution in [2.24, 2.45) is 5.73 Å². The molecular weight excluding hydrogens is 236 g/mol. The molecule has 17 heavy (non-hydrogen) atoms. The number of hydrogen-bond acceptors (Lipinski definition) is 4. The van der Waals surface area contributed by atoms with Gasteiger partial charge in [-0.2, -0.15) is 0 Å². The molecule has 0 aliphatic heterocycles. The smallest absolute Gasteiger partial charge is 0.162 e. The quantitative estimate of drug-likeness (QED) is 0.871. The van der Waals surface area contributed by atoms with Crippen LogP contribution in [0, 0.1) is 0 Å². The van der Waals surface area contributed by atoms with Gasteiger partial charge in [0.25, 0.3) is 0 Å². The van der Waals surface area contributed by atoms with E-state index in [2.05, 4.69) is 15.3 Å². The summed E-state index contributed by atoms with van der Waals surface area (Å²) in [6.45, 7) is 1.24. The van der Waals surface area contributed by atoms with Crippen molar-refractivity contribution in [1.29, 1.82) is 0 Å². The summed E-state index contributed by atoms with van der Waals surface area (Å²) in [6, 6.07) is 9.30. The summed E-state index contributed by atoms with van der Waals surface area (Å²) < 4.78 is 0. The molecule has 88 valence electrons. The van der Waals surface area contributed by atoms with E-state index < -0.39 is 0 Å². The Bertz CT molecular complexity index is 501. The average Bonchev–Trinajstić information content (AvgIpc) is 2.37. The largest absolute Gasteiger partial charge is 0.369 e. The van der Waals surface area contributed by atoms with Crippen molar-refractivity contribution >= 4 is 17.4 Å². The summed E-state index contributed by atoms with van der Waals surface area (Å²) >= 11 is 6.10. The summed E-state index contributed by atoms with van der Waals surface area (Å²) in [5.74, 6) is 1.36. The standard InChI is InChI=1S/C12H13ClN4/c13-10-4-2-1-3-9(10)12-16-7-5-11(17-12)15-8-6-14/h1-5,7H,6,8,14H2,(H,15,16,17). The number of nitrogens with two attached hydrogens (primary N) is 1. The van der Waals surface area contributed by atoms with Gasteiger partial charge in [-0.1, -0.05) is 23.7 Å². The summed E-state index contributed by atoms with van der Waals surface area (Å²) in [5, 5.41) is 3.75. The van der Waals surface area contributed by atoms with Gasteiger partial charge in [0.2, 0.25) is 0 Å². The Labute approximate surface area is 105 Å². The van der Waals surface area contributed by atoms with Crippen LogP contribution in [0.1, 0.15) is 0 Å². The second kappa shape index (κ2) is 5.61. The lowest BCUT2D eigenvalue weighted by atomic mass is 10.2. The van der Waals surface area contributed by atoms with E-state index in [0.29, 0.717) is 23.9 Å². The second-order valence-corrected chi connectivity index (χ2v) is 3.87. The van der Waals surface area contributed by atoms with E-state index in [1.807, 2.05) is 24.3 Å². The molecule has 1 heterocycles. The molecular formula is C12H13ClN4. The van der Waals surface area contributed by atoms with Gasteiger partial charge in [0.1, 0.15) is 5.82 Å². The summed E-state index contributed by atoms with van der Waals surface area (Å²) in [6.07, 6.45) is 1.70. The Morgan fingerprint density at radius 1 is 1.24 bits per heavy atom. The van der Waals surface area contributed by atoms with E-state index in [1.165, 1.54) is 0 Å². The summed E-state index contributed by atoms with van der Waals surface area (Å²) in [4.78, 5) is 8.59. The van der Waals surface area contributed by atoms with E-state index in [-0.39, 0.29) is 0 Å². The van der Waals surface area contributed by atoms with Gasteiger partial charge in [0, 0.05) is 24.8 Å². The van der Waals surface area contributed by atoms with Gasteiger partial charge >= 0.3 is 0 Å². The highest BCUT2D eigenvalue weighted by atomic mass is 35.5. The Hall–Kier alpha value is -1.65.